The number of ether oxygens (including phenoxy) is 2. The number of hydrogen-bond acceptors (Lipinski definition) is 5. The number of carbonyl (C=O) groups excluding carboxylic acids is 1. The molecule has 7 heteroatoms. The van der Waals surface area contributed by atoms with Crippen molar-refractivity contribution in [1.82, 2.24) is 0 Å². The molecular formula is C8H12BrFNO4. The maximum atomic E-state index is 13.4. The van der Waals surface area contributed by atoms with Crippen LogP contribution in [-0.2, 0) is 14.3 Å². The van der Waals surface area contributed by atoms with Crippen molar-refractivity contribution in [3.63, 3.8) is 0 Å². The molecule has 0 amide bonds. The molecule has 15 heavy (non-hydrogen) atoms. The molecule has 0 N–H and O–H groups in total. The fraction of sp³-hybridized carbons (Fsp3) is 0.625. The lowest BCUT2D eigenvalue weighted by molar-refractivity contribution is 0.0210. The quantitative estimate of drug-likeness (QED) is 0.334. The van der Waals surface area contributed by atoms with Crippen LogP contribution in [0, 0.1) is 6.92 Å². The van der Waals surface area contributed by atoms with Gasteiger partial charge < -0.3 is 14.3 Å². The van der Waals surface area contributed by atoms with E-state index in [-0.39, 0.29) is 0 Å². The molecule has 0 bridgehead atoms. The highest BCUT2D eigenvalue weighted by molar-refractivity contribution is 9.09. The van der Waals surface area contributed by atoms with Gasteiger partial charge in [-0.2, -0.15) is 0 Å². The summed E-state index contributed by atoms with van der Waals surface area (Å²) in [6, 6.07) is 0. The topological polar surface area (TPSA) is 57.1 Å². The Hall–Kier alpha value is -0.850. The van der Waals surface area contributed by atoms with Crippen molar-refractivity contribution in [2.24, 2.45) is 5.16 Å². The molecular weight excluding hydrogens is 273 g/mol. The lowest BCUT2D eigenvalue weighted by Crippen LogP contribution is -2.35. The Morgan fingerprint density at radius 3 is 2.60 bits per heavy atom. The first kappa shape index (κ1) is 14.2. The lowest BCUT2D eigenvalue weighted by atomic mass is 10.2. The van der Waals surface area contributed by atoms with E-state index in [2.05, 4.69) is 42.3 Å². The number of methoxy groups -OCH3 is 1. The molecule has 0 spiro atoms. The van der Waals surface area contributed by atoms with Crippen LogP contribution in [0.4, 0.5) is 9.18 Å². The summed E-state index contributed by atoms with van der Waals surface area (Å²) in [5, 5.41) is 3.23. The van der Waals surface area contributed by atoms with Crippen molar-refractivity contribution >= 4 is 28.3 Å². The normalized spacial score (nSPS) is 16.9. The lowest BCUT2D eigenvalue weighted by Gasteiger charge is -2.20. The van der Waals surface area contributed by atoms with Gasteiger partial charge in [0, 0.05) is 0 Å². The zero-order chi connectivity index (χ0) is 11.8. The fourth-order valence-electron chi connectivity index (χ4n) is 0.701. The number of rotatable bonds is 5. The van der Waals surface area contributed by atoms with Crippen LogP contribution in [0.25, 0.3) is 0 Å². The molecule has 1 radical (unpaired) electrons. The van der Waals surface area contributed by atoms with E-state index < -0.39 is 23.3 Å². The molecule has 3 atom stereocenters. The van der Waals surface area contributed by atoms with Gasteiger partial charge in [-0.05, 0) is 6.92 Å². The zero-order valence-electron chi connectivity index (χ0n) is 8.35. The van der Waals surface area contributed by atoms with Crippen LogP contribution in [0.15, 0.2) is 5.16 Å². The Bertz CT molecular complexity index is 225. The average molecular weight is 285 g/mol. The summed E-state index contributed by atoms with van der Waals surface area (Å²) in [4.78, 5) is 14.4. The predicted octanol–water partition coefficient (Wildman–Crippen LogP) is 1.71. The van der Waals surface area contributed by atoms with Gasteiger partial charge in [0.1, 0.15) is 7.11 Å². The number of alkyl halides is 2. The fourth-order valence-corrected chi connectivity index (χ4v) is 1.10. The number of nitrogens with zero attached hydrogens (tertiary/aromatic N) is 1. The first-order valence-corrected chi connectivity index (χ1v) is 4.87. The van der Waals surface area contributed by atoms with Crippen molar-refractivity contribution in [3.05, 3.63) is 6.92 Å². The summed E-state index contributed by atoms with van der Waals surface area (Å²) in [5.74, 6) is 0. The Kier molecular flexibility index (Phi) is 7.02. The summed E-state index contributed by atoms with van der Waals surface area (Å²) in [7, 11) is 2.40. The van der Waals surface area contributed by atoms with Gasteiger partial charge in [-0.25, -0.2) is 9.18 Å². The standard InChI is InChI=1S/C8H12BrFNO4/c1-5(9)7(15-8(12)13-2)6(10)4-11-14-3/h4-7H,1H2,2-3H3/t5-,6+,7+/m0/s1. The summed E-state index contributed by atoms with van der Waals surface area (Å²) < 4.78 is 22.2. The predicted molar refractivity (Wildman–Crippen MR) is 55.7 cm³/mol. The first-order chi connectivity index (χ1) is 7.02. The van der Waals surface area contributed by atoms with Crippen LogP contribution in [0.5, 0.6) is 0 Å². The molecule has 0 saturated carbocycles. The largest absolute Gasteiger partial charge is 0.508 e. The Morgan fingerprint density at radius 1 is 1.60 bits per heavy atom. The van der Waals surface area contributed by atoms with E-state index in [0.29, 0.717) is 0 Å². The van der Waals surface area contributed by atoms with Gasteiger partial charge in [0.2, 0.25) is 0 Å². The molecule has 0 aliphatic rings. The summed E-state index contributed by atoms with van der Waals surface area (Å²) in [6.07, 6.45) is -2.88. The van der Waals surface area contributed by atoms with E-state index in [1.165, 1.54) is 7.11 Å². The SMILES string of the molecule is [CH2][C@H](Br)[C@@H](OC(=O)OC)[C@H](F)C=NOC. The number of oxime groups is 1. The smallest absolute Gasteiger partial charge is 0.438 e. The second-order valence-electron chi connectivity index (χ2n) is 2.43. The van der Waals surface area contributed by atoms with Crippen LogP contribution in [-0.4, -0.2) is 43.7 Å². The molecule has 0 aromatic rings. The minimum Gasteiger partial charge on any atom is -0.438 e. The van der Waals surface area contributed by atoms with E-state index >= 15 is 0 Å². The maximum absolute atomic E-state index is 13.4. The molecule has 0 rings (SSSR count). The van der Waals surface area contributed by atoms with Crippen molar-refractivity contribution in [2.45, 2.75) is 17.1 Å². The van der Waals surface area contributed by atoms with Gasteiger partial charge in [0.25, 0.3) is 0 Å². The highest BCUT2D eigenvalue weighted by atomic mass is 79.9. The number of carbonyl (C=O) groups is 1. The first-order valence-electron chi connectivity index (χ1n) is 3.95. The van der Waals surface area contributed by atoms with Gasteiger partial charge in [-0.1, -0.05) is 21.1 Å². The molecule has 0 heterocycles. The van der Waals surface area contributed by atoms with Gasteiger partial charge in [-0.3, -0.25) is 0 Å². The molecule has 0 fully saturated rings. The van der Waals surface area contributed by atoms with E-state index in [1.807, 2.05) is 0 Å². The zero-order valence-corrected chi connectivity index (χ0v) is 9.94. The highest BCUT2D eigenvalue weighted by Gasteiger charge is 2.28. The van der Waals surface area contributed by atoms with Crippen molar-refractivity contribution in [3.8, 4) is 0 Å². The summed E-state index contributed by atoms with van der Waals surface area (Å²) in [5.41, 5.74) is 0. The van der Waals surface area contributed by atoms with E-state index in [9.17, 15) is 9.18 Å². The average Bonchev–Trinajstić information content (AvgIpc) is 2.21. The molecule has 5 nitrogen and oxygen atoms in total. The van der Waals surface area contributed by atoms with Crippen molar-refractivity contribution in [1.29, 1.82) is 0 Å². The van der Waals surface area contributed by atoms with Gasteiger partial charge in [-0.15, -0.1) is 0 Å². The molecule has 0 saturated heterocycles. The van der Waals surface area contributed by atoms with E-state index in [0.717, 1.165) is 13.3 Å². The monoisotopic (exact) mass is 284 g/mol. The van der Waals surface area contributed by atoms with Crippen molar-refractivity contribution in [2.75, 3.05) is 14.2 Å². The van der Waals surface area contributed by atoms with Gasteiger partial charge in [0.15, 0.2) is 12.3 Å². The maximum Gasteiger partial charge on any atom is 0.508 e. The summed E-state index contributed by atoms with van der Waals surface area (Å²) >= 11 is 3.00. The minimum absolute atomic E-state index is 0.630. The Labute approximate surface area is 95.7 Å². The highest BCUT2D eigenvalue weighted by Crippen LogP contribution is 2.15. The van der Waals surface area contributed by atoms with E-state index in [4.69, 9.17) is 0 Å². The second kappa shape index (κ2) is 7.44. The Morgan fingerprint density at radius 2 is 2.20 bits per heavy atom. The third kappa shape index (κ3) is 5.56. The van der Waals surface area contributed by atoms with Gasteiger partial charge in [0.05, 0.1) is 18.2 Å². The third-order valence-electron chi connectivity index (χ3n) is 1.38. The van der Waals surface area contributed by atoms with Gasteiger partial charge >= 0.3 is 6.16 Å². The number of hydrogen-bond donors (Lipinski definition) is 0. The van der Waals surface area contributed by atoms with Crippen LogP contribution >= 0.6 is 15.9 Å². The molecule has 0 aliphatic heterocycles. The van der Waals surface area contributed by atoms with E-state index in [1.54, 1.807) is 0 Å². The summed E-state index contributed by atoms with van der Waals surface area (Å²) in [6.45, 7) is 3.50. The molecule has 0 aliphatic carbocycles. The molecule has 0 unspecified atom stereocenters. The molecule has 0 aromatic carbocycles. The Balaban J connectivity index is 4.37. The third-order valence-corrected chi connectivity index (χ3v) is 1.90. The second-order valence-corrected chi connectivity index (χ2v) is 3.61. The van der Waals surface area contributed by atoms with Crippen LogP contribution in [0.3, 0.4) is 0 Å². The van der Waals surface area contributed by atoms with Crippen LogP contribution < -0.4 is 0 Å². The van der Waals surface area contributed by atoms with Crippen LogP contribution in [0.2, 0.25) is 0 Å². The molecule has 0 aromatic heterocycles. The number of halogens is 2. The van der Waals surface area contributed by atoms with Crippen LogP contribution in [0.1, 0.15) is 0 Å². The minimum atomic E-state index is -1.63. The molecule has 87 valence electrons. The van der Waals surface area contributed by atoms with Crippen molar-refractivity contribution < 1.29 is 23.5 Å².